The van der Waals surface area contributed by atoms with Crippen LogP contribution in [0.1, 0.15) is 24.8 Å². The first kappa shape index (κ1) is 15.9. The molecular formula is C15H18N2O5. The molecule has 2 N–H and O–H groups in total. The SMILES string of the molecule is O=C(O)[C@@H]1CC[C@H](C(=O)NCCc2ccc([N+](=O)[O-])cc2)C1. The third-order valence-corrected chi connectivity index (χ3v) is 4.01. The van der Waals surface area contributed by atoms with E-state index in [-0.39, 0.29) is 17.5 Å². The first-order valence-corrected chi connectivity index (χ1v) is 7.21. The normalized spacial score (nSPS) is 20.5. The van der Waals surface area contributed by atoms with E-state index in [0.717, 1.165) is 5.56 Å². The number of hydrogen-bond donors (Lipinski definition) is 2. The number of nitro benzene ring substituents is 1. The van der Waals surface area contributed by atoms with E-state index in [1.165, 1.54) is 12.1 Å². The molecule has 1 saturated carbocycles. The van der Waals surface area contributed by atoms with Gasteiger partial charge in [-0.25, -0.2) is 0 Å². The van der Waals surface area contributed by atoms with Gasteiger partial charge in [-0.05, 0) is 31.2 Å². The van der Waals surface area contributed by atoms with Gasteiger partial charge in [0.15, 0.2) is 0 Å². The molecule has 0 aliphatic heterocycles. The molecule has 0 unspecified atom stereocenters. The number of aliphatic carboxylic acids is 1. The molecule has 0 radical (unpaired) electrons. The zero-order chi connectivity index (χ0) is 16.1. The number of benzene rings is 1. The van der Waals surface area contributed by atoms with Crippen LogP contribution in [-0.4, -0.2) is 28.5 Å². The molecule has 2 atom stereocenters. The largest absolute Gasteiger partial charge is 0.481 e. The number of nitrogens with one attached hydrogen (secondary N) is 1. The summed E-state index contributed by atoms with van der Waals surface area (Å²) in [7, 11) is 0. The van der Waals surface area contributed by atoms with Crippen LogP contribution in [0.5, 0.6) is 0 Å². The Morgan fingerprint density at radius 3 is 2.41 bits per heavy atom. The second kappa shape index (κ2) is 7.02. The second-order valence-corrected chi connectivity index (χ2v) is 5.51. The van der Waals surface area contributed by atoms with E-state index >= 15 is 0 Å². The van der Waals surface area contributed by atoms with Gasteiger partial charge in [-0.3, -0.25) is 19.7 Å². The quantitative estimate of drug-likeness (QED) is 0.614. The molecule has 1 aromatic carbocycles. The first-order chi connectivity index (χ1) is 10.5. The van der Waals surface area contributed by atoms with Gasteiger partial charge in [-0.2, -0.15) is 0 Å². The van der Waals surface area contributed by atoms with Gasteiger partial charge in [0.05, 0.1) is 10.8 Å². The Bertz CT molecular complexity index is 570. The van der Waals surface area contributed by atoms with Crippen LogP contribution in [0, 0.1) is 22.0 Å². The predicted molar refractivity (Wildman–Crippen MR) is 78.3 cm³/mol. The average molecular weight is 306 g/mol. The Labute approximate surface area is 127 Å². The molecule has 0 heterocycles. The molecule has 7 heteroatoms. The van der Waals surface area contributed by atoms with Crippen molar-refractivity contribution in [2.75, 3.05) is 6.54 Å². The molecule has 1 aromatic rings. The molecule has 0 bridgehead atoms. The highest BCUT2D eigenvalue weighted by atomic mass is 16.6. The maximum atomic E-state index is 12.0. The predicted octanol–water partition coefficient (Wildman–Crippen LogP) is 1.75. The number of hydrogen-bond acceptors (Lipinski definition) is 4. The Hall–Kier alpha value is -2.44. The fourth-order valence-corrected chi connectivity index (χ4v) is 2.70. The summed E-state index contributed by atoms with van der Waals surface area (Å²) in [6, 6.07) is 6.21. The van der Waals surface area contributed by atoms with E-state index in [4.69, 9.17) is 5.11 Å². The van der Waals surface area contributed by atoms with Crippen molar-refractivity contribution in [1.82, 2.24) is 5.32 Å². The number of carboxylic acids is 1. The molecular weight excluding hydrogens is 288 g/mol. The van der Waals surface area contributed by atoms with E-state index < -0.39 is 16.8 Å². The van der Waals surface area contributed by atoms with Crippen LogP contribution in [0.2, 0.25) is 0 Å². The van der Waals surface area contributed by atoms with Gasteiger partial charge in [0.25, 0.3) is 5.69 Å². The standard InChI is InChI=1S/C15H18N2O5/c18-14(11-3-4-12(9-11)15(19)20)16-8-7-10-1-5-13(6-2-10)17(21)22/h1-2,5-6,11-12H,3-4,7-9H2,(H,16,18)(H,19,20)/t11-,12+/m0/s1. The van der Waals surface area contributed by atoms with Crippen LogP contribution in [0.15, 0.2) is 24.3 Å². The third-order valence-electron chi connectivity index (χ3n) is 4.01. The molecule has 1 amide bonds. The summed E-state index contributed by atoms with van der Waals surface area (Å²) in [4.78, 5) is 32.9. The summed E-state index contributed by atoms with van der Waals surface area (Å²) in [5.74, 6) is -1.57. The lowest BCUT2D eigenvalue weighted by Gasteiger charge is -2.10. The van der Waals surface area contributed by atoms with Crippen molar-refractivity contribution in [3.63, 3.8) is 0 Å². The van der Waals surface area contributed by atoms with Crippen molar-refractivity contribution >= 4 is 17.6 Å². The monoisotopic (exact) mass is 306 g/mol. The summed E-state index contributed by atoms with van der Waals surface area (Å²) in [5, 5.41) is 22.3. The average Bonchev–Trinajstić information content (AvgIpc) is 2.98. The van der Waals surface area contributed by atoms with Crippen molar-refractivity contribution in [3.05, 3.63) is 39.9 Å². The molecule has 0 spiro atoms. The lowest BCUT2D eigenvalue weighted by atomic mass is 10.0. The maximum Gasteiger partial charge on any atom is 0.306 e. The minimum atomic E-state index is -0.832. The van der Waals surface area contributed by atoms with Gasteiger partial charge in [0.2, 0.25) is 5.91 Å². The summed E-state index contributed by atoms with van der Waals surface area (Å²) < 4.78 is 0. The number of nitro groups is 1. The topological polar surface area (TPSA) is 110 Å². The number of carbonyl (C=O) groups excluding carboxylic acids is 1. The van der Waals surface area contributed by atoms with Crippen molar-refractivity contribution in [1.29, 1.82) is 0 Å². The van der Waals surface area contributed by atoms with E-state index in [2.05, 4.69) is 5.32 Å². The Morgan fingerprint density at radius 1 is 1.23 bits per heavy atom. The number of rotatable bonds is 6. The van der Waals surface area contributed by atoms with Crippen LogP contribution in [0.4, 0.5) is 5.69 Å². The zero-order valence-electron chi connectivity index (χ0n) is 12.0. The van der Waals surface area contributed by atoms with Gasteiger partial charge in [-0.1, -0.05) is 12.1 Å². The molecule has 2 rings (SSSR count). The number of amides is 1. The summed E-state index contributed by atoms with van der Waals surface area (Å²) in [6.07, 6.45) is 2.15. The molecule has 1 aliphatic rings. The molecule has 7 nitrogen and oxygen atoms in total. The van der Waals surface area contributed by atoms with Gasteiger partial charge >= 0.3 is 5.97 Å². The lowest BCUT2D eigenvalue weighted by molar-refractivity contribution is -0.384. The van der Waals surface area contributed by atoms with E-state index in [1.807, 2.05) is 0 Å². The molecule has 0 saturated heterocycles. The Kier molecular flexibility index (Phi) is 5.08. The second-order valence-electron chi connectivity index (χ2n) is 5.51. The van der Waals surface area contributed by atoms with Gasteiger partial charge in [-0.15, -0.1) is 0 Å². The fraction of sp³-hybridized carbons (Fsp3) is 0.467. The third kappa shape index (κ3) is 4.03. The number of non-ortho nitro benzene ring substituents is 1. The minimum Gasteiger partial charge on any atom is -0.481 e. The Balaban J connectivity index is 1.75. The minimum absolute atomic E-state index is 0.0402. The van der Waals surface area contributed by atoms with Gasteiger partial charge in [0, 0.05) is 24.6 Å². The molecule has 118 valence electrons. The summed E-state index contributed by atoms with van der Waals surface area (Å²) >= 11 is 0. The van der Waals surface area contributed by atoms with Crippen LogP contribution < -0.4 is 5.32 Å². The van der Waals surface area contributed by atoms with E-state index in [1.54, 1.807) is 12.1 Å². The van der Waals surface area contributed by atoms with E-state index in [0.29, 0.717) is 32.2 Å². The Morgan fingerprint density at radius 2 is 1.86 bits per heavy atom. The molecule has 0 aromatic heterocycles. The summed E-state index contributed by atoms with van der Waals surface area (Å²) in [6.45, 7) is 0.435. The number of carbonyl (C=O) groups is 2. The molecule has 22 heavy (non-hydrogen) atoms. The highest BCUT2D eigenvalue weighted by Crippen LogP contribution is 2.31. The van der Waals surface area contributed by atoms with Crippen molar-refractivity contribution in [2.24, 2.45) is 11.8 Å². The zero-order valence-corrected chi connectivity index (χ0v) is 12.0. The highest BCUT2D eigenvalue weighted by molar-refractivity contribution is 5.80. The number of carboxylic acid groups (broad SMARTS) is 1. The van der Waals surface area contributed by atoms with Crippen molar-refractivity contribution in [3.8, 4) is 0 Å². The van der Waals surface area contributed by atoms with Gasteiger partial charge in [0.1, 0.15) is 0 Å². The summed E-state index contributed by atoms with van der Waals surface area (Å²) in [5.41, 5.74) is 0.944. The highest BCUT2D eigenvalue weighted by Gasteiger charge is 2.33. The maximum absolute atomic E-state index is 12.0. The van der Waals surface area contributed by atoms with Crippen molar-refractivity contribution < 1.29 is 19.6 Å². The van der Waals surface area contributed by atoms with Crippen LogP contribution in [0.25, 0.3) is 0 Å². The number of nitrogens with zero attached hydrogens (tertiary/aromatic N) is 1. The smallest absolute Gasteiger partial charge is 0.306 e. The molecule has 1 fully saturated rings. The molecule has 1 aliphatic carbocycles. The van der Waals surface area contributed by atoms with Crippen LogP contribution >= 0.6 is 0 Å². The van der Waals surface area contributed by atoms with E-state index in [9.17, 15) is 19.7 Å². The fourth-order valence-electron chi connectivity index (χ4n) is 2.70. The van der Waals surface area contributed by atoms with Crippen molar-refractivity contribution in [2.45, 2.75) is 25.7 Å². The van der Waals surface area contributed by atoms with Crippen LogP contribution in [-0.2, 0) is 16.0 Å². The first-order valence-electron chi connectivity index (χ1n) is 7.21. The van der Waals surface area contributed by atoms with Gasteiger partial charge < -0.3 is 10.4 Å². The van der Waals surface area contributed by atoms with Crippen LogP contribution in [0.3, 0.4) is 0 Å². The lowest BCUT2D eigenvalue weighted by Crippen LogP contribution is -2.31.